The van der Waals surface area contributed by atoms with Gasteiger partial charge in [0.2, 0.25) is 0 Å². The van der Waals surface area contributed by atoms with Crippen LogP contribution in [-0.2, 0) is 0 Å². The molecule has 0 aromatic heterocycles. The zero-order valence-electron chi connectivity index (χ0n) is 15.3. The van der Waals surface area contributed by atoms with Gasteiger partial charge in [0.05, 0.1) is 13.1 Å². The average Bonchev–Trinajstić information content (AvgIpc) is 2.50. The predicted octanol–water partition coefficient (Wildman–Crippen LogP) is 5.83. The fraction of sp³-hybridized carbons (Fsp3) is 1.00. The molecule has 0 saturated heterocycles. The summed E-state index contributed by atoms with van der Waals surface area (Å²) in [7, 11) is 0. The molecule has 0 spiro atoms. The predicted molar refractivity (Wildman–Crippen MR) is 96.9 cm³/mol. The minimum Gasteiger partial charge on any atom is -0.346 e. The lowest BCUT2D eigenvalue weighted by molar-refractivity contribution is -0.655. The second kappa shape index (κ2) is 20.0. The van der Waals surface area contributed by atoms with Crippen LogP contribution in [0.4, 0.5) is 0 Å². The summed E-state index contributed by atoms with van der Waals surface area (Å²) in [5.74, 6) is 0. The third-order valence-corrected chi connectivity index (χ3v) is 4.52. The van der Waals surface area contributed by atoms with E-state index in [1.807, 2.05) is 0 Å². The largest absolute Gasteiger partial charge is 0.346 e. The molecule has 0 fully saturated rings. The first-order valence-electron chi connectivity index (χ1n) is 10.2. The molecule has 21 heavy (non-hydrogen) atoms. The lowest BCUT2D eigenvalue weighted by atomic mass is 10.1. The summed E-state index contributed by atoms with van der Waals surface area (Å²) in [6, 6.07) is 0. The molecular weight excluding hydrogens is 254 g/mol. The molecule has 0 bridgehead atoms. The molecule has 2 N–H and O–H groups in total. The second-order valence-corrected chi connectivity index (χ2v) is 6.82. The lowest BCUT2D eigenvalue weighted by Crippen LogP contribution is -2.84. The van der Waals surface area contributed by atoms with Crippen molar-refractivity contribution in [2.75, 3.05) is 13.1 Å². The van der Waals surface area contributed by atoms with Crippen molar-refractivity contribution in [2.45, 2.75) is 117 Å². The van der Waals surface area contributed by atoms with Crippen molar-refractivity contribution in [3.63, 3.8) is 0 Å². The van der Waals surface area contributed by atoms with Crippen molar-refractivity contribution in [1.82, 2.24) is 0 Å². The molecule has 0 amide bonds. The molecule has 0 rings (SSSR count). The van der Waals surface area contributed by atoms with Crippen LogP contribution in [-0.4, -0.2) is 13.1 Å². The SMILES string of the molecule is CCCCCCCCCC[NH2+]CCCCCCCCCC. The quantitative estimate of drug-likeness (QED) is 0.307. The van der Waals surface area contributed by atoms with Gasteiger partial charge in [-0.2, -0.15) is 0 Å². The van der Waals surface area contributed by atoms with Crippen LogP contribution in [0.1, 0.15) is 117 Å². The van der Waals surface area contributed by atoms with Crippen LogP contribution in [0.2, 0.25) is 0 Å². The van der Waals surface area contributed by atoms with Gasteiger partial charge in [0, 0.05) is 0 Å². The Labute approximate surface area is 135 Å². The topological polar surface area (TPSA) is 16.6 Å². The molecule has 0 aromatic rings. The molecule has 0 aliphatic heterocycles. The third-order valence-electron chi connectivity index (χ3n) is 4.52. The normalized spacial score (nSPS) is 11.1. The molecule has 0 saturated carbocycles. The number of hydrogen-bond donors (Lipinski definition) is 1. The monoisotopic (exact) mass is 298 g/mol. The summed E-state index contributed by atoms with van der Waals surface area (Å²) < 4.78 is 0. The fourth-order valence-electron chi connectivity index (χ4n) is 2.99. The van der Waals surface area contributed by atoms with Crippen molar-refractivity contribution in [1.29, 1.82) is 0 Å². The molecule has 0 aliphatic rings. The molecule has 0 aromatic carbocycles. The van der Waals surface area contributed by atoms with Gasteiger partial charge in [-0.05, 0) is 25.7 Å². The molecular formula is C20H44N+. The van der Waals surface area contributed by atoms with Crippen LogP contribution < -0.4 is 5.32 Å². The third kappa shape index (κ3) is 20.0. The smallest absolute Gasteiger partial charge is 0.0755 e. The van der Waals surface area contributed by atoms with Gasteiger partial charge >= 0.3 is 0 Å². The first-order valence-corrected chi connectivity index (χ1v) is 10.2. The summed E-state index contributed by atoms with van der Waals surface area (Å²) in [5, 5.41) is 2.55. The lowest BCUT2D eigenvalue weighted by Gasteiger charge is -2.03. The van der Waals surface area contributed by atoms with Crippen LogP contribution >= 0.6 is 0 Å². The van der Waals surface area contributed by atoms with Gasteiger partial charge in [-0.1, -0.05) is 90.9 Å². The highest BCUT2D eigenvalue weighted by Gasteiger charge is 1.95. The van der Waals surface area contributed by atoms with Gasteiger partial charge in [-0.25, -0.2) is 0 Å². The Hall–Kier alpha value is -0.0400. The van der Waals surface area contributed by atoms with Crippen LogP contribution in [0.5, 0.6) is 0 Å². The Balaban J connectivity index is 2.90. The number of hydrogen-bond acceptors (Lipinski definition) is 0. The number of nitrogens with two attached hydrogens (primary N) is 1. The van der Waals surface area contributed by atoms with Crippen molar-refractivity contribution >= 4 is 0 Å². The number of unbranched alkanes of at least 4 members (excludes halogenated alkanes) is 14. The van der Waals surface area contributed by atoms with E-state index in [2.05, 4.69) is 19.2 Å². The fourth-order valence-corrected chi connectivity index (χ4v) is 2.99. The van der Waals surface area contributed by atoms with E-state index in [1.54, 1.807) is 0 Å². The van der Waals surface area contributed by atoms with Gasteiger partial charge in [0.1, 0.15) is 0 Å². The van der Waals surface area contributed by atoms with E-state index in [0.717, 1.165) is 0 Å². The molecule has 0 unspecified atom stereocenters. The van der Waals surface area contributed by atoms with E-state index in [4.69, 9.17) is 0 Å². The Morgan fingerprint density at radius 2 is 0.667 bits per heavy atom. The standard InChI is InChI=1S/C20H43N/c1-3-5-7-9-11-13-15-17-19-21-20-18-16-14-12-10-8-6-4-2/h21H,3-20H2,1-2H3/p+1. The zero-order chi connectivity index (χ0) is 15.4. The van der Waals surface area contributed by atoms with Crippen molar-refractivity contribution < 1.29 is 5.32 Å². The van der Waals surface area contributed by atoms with Crippen molar-refractivity contribution in [2.24, 2.45) is 0 Å². The van der Waals surface area contributed by atoms with Gasteiger partial charge in [-0.15, -0.1) is 0 Å². The van der Waals surface area contributed by atoms with Crippen LogP contribution in [0.3, 0.4) is 0 Å². The molecule has 0 heterocycles. The Morgan fingerprint density at radius 3 is 1.00 bits per heavy atom. The molecule has 0 radical (unpaired) electrons. The summed E-state index contributed by atoms with van der Waals surface area (Å²) in [4.78, 5) is 0. The first-order chi connectivity index (χ1) is 10.4. The van der Waals surface area contributed by atoms with E-state index >= 15 is 0 Å². The molecule has 0 atom stereocenters. The van der Waals surface area contributed by atoms with E-state index in [0.29, 0.717) is 0 Å². The number of quaternary nitrogens is 1. The van der Waals surface area contributed by atoms with Gasteiger partial charge in [-0.3, -0.25) is 0 Å². The minimum absolute atomic E-state index is 1.37. The van der Waals surface area contributed by atoms with Crippen LogP contribution in [0.15, 0.2) is 0 Å². The van der Waals surface area contributed by atoms with E-state index < -0.39 is 0 Å². The van der Waals surface area contributed by atoms with Gasteiger partial charge in [0.15, 0.2) is 0 Å². The second-order valence-electron chi connectivity index (χ2n) is 6.82. The highest BCUT2D eigenvalue weighted by molar-refractivity contribution is 4.46. The van der Waals surface area contributed by atoms with Gasteiger partial charge < -0.3 is 5.32 Å². The highest BCUT2D eigenvalue weighted by Crippen LogP contribution is 2.08. The van der Waals surface area contributed by atoms with E-state index in [-0.39, 0.29) is 0 Å². The average molecular weight is 299 g/mol. The Bertz CT molecular complexity index is 149. The van der Waals surface area contributed by atoms with E-state index in [1.165, 1.54) is 116 Å². The maximum Gasteiger partial charge on any atom is 0.0755 e. The van der Waals surface area contributed by atoms with Gasteiger partial charge in [0.25, 0.3) is 0 Å². The minimum atomic E-state index is 1.37. The maximum atomic E-state index is 2.55. The van der Waals surface area contributed by atoms with Crippen LogP contribution in [0, 0.1) is 0 Å². The summed E-state index contributed by atoms with van der Waals surface area (Å²) in [6.07, 6.45) is 23.1. The van der Waals surface area contributed by atoms with Crippen LogP contribution in [0.25, 0.3) is 0 Å². The molecule has 0 aliphatic carbocycles. The summed E-state index contributed by atoms with van der Waals surface area (Å²) >= 11 is 0. The number of rotatable bonds is 18. The first kappa shape index (κ1) is 21.0. The Morgan fingerprint density at radius 1 is 0.381 bits per heavy atom. The van der Waals surface area contributed by atoms with Crippen molar-refractivity contribution in [3.05, 3.63) is 0 Å². The molecule has 128 valence electrons. The summed E-state index contributed by atoms with van der Waals surface area (Å²) in [6.45, 7) is 7.32. The van der Waals surface area contributed by atoms with E-state index in [9.17, 15) is 0 Å². The Kier molecular flexibility index (Phi) is 19.9. The molecule has 1 nitrogen and oxygen atoms in total. The zero-order valence-corrected chi connectivity index (χ0v) is 15.3. The molecule has 1 heteroatoms. The highest BCUT2D eigenvalue weighted by atomic mass is 14.8. The van der Waals surface area contributed by atoms with Crippen molar-refractivity contribution in [3.8, 4) is 0 Å². The maximum absolute atomic E-state index is 2.55. The summed E-state index contributed by atoms with van der Waals surface area (Å²) in [5.41, 5.74) is 0.